The molecule has 0 aliphatic carbocycles. The molecule has 0 aromatic heterocycles. The van der Waals surface area contributed by atoms with Crippen molar-refractivity contribution in [3.05, 3.63) is 71.8 Å². The van der Waals surface area contributed by atoms with Gasteiger partial charge >= 0.3 is 0 Å². The van der Waals surface area contributed by atoms with Crippen molar-refractivity contribution in [1.29, 1.82) is 0 Å². The first-order valence-corrected chi connectivity index (χ1v) is 7.85. The summed E-state index contributed by atoms with van der Waals surface area (Å²) in [5.74, 6) is 0. The van der Waals surface area contributed by atoms with E-state index in [2.05, 4.69) is 48.2 Å². The normalized spacial score (nSPS) is 29.4. The second kappa shape index (κ2) is 6.61. The van der Waals surface area contributed by atoms with Gasteiger partial charge in [-0.25, -0.2) is 0 Å². The van der Waals surface area contributed by atoms with Gasteiger partial charge in [0.1, 0.15) is 0 Å². The predicted molar refractivity (Wildman–Crippen MR) is 87.2 cm³/mol. The van der Waals surface area contributed by atoms with E-state index in [0.29, 0.717) is 0 Å². The molecule has 22 heavy (non-hydrogen) atoms. The van der Waals surface area contributed by atoms with Crippen molar-refractivity contribution in [3.63, 3.8) is 0 Å². The molecule has 3 heteroatoms. The maximum absolute atomic E-state index is 10.5. The van der Waals surface area contributed by atoms with Gasteiger partial charge in [0.2, 0.25) is 0 Å². The average molecular weight is 297 g/mol. The van der Waals surface area contributed by atoms with Gasteiger partial charge in [-0.15, -0.1) is 0 Å². The van der Waals surface area contributed by atoms with Crippen molar-refractivity contribution < 1.29 is 9.84 Å². The van der Waals surface area contributed by atoms with E-state index in [9.17, 15) is 5.11 Å². The number of hydrogen-bond donors (Lipinski definition) is 1. The van der Waals surface area contributed by atoms with E-state index in [1.807, 2.05) is 31.2 Å². The molecule has 0 bridgehead atoms. The lowest BCUT2D eigenvalue weighted by Crippen LogP contribution is -2.53. The summed E-state index contributed by atoms with van der Waals surface area (Å²) < 4.78 is 5.75. The SMILES string of the molecule is CC1OC(O)[C@H](c2ccccc2)N(Cc2ccccc2)C1C. The summed E-state index contributed by atoms with van der Waals surface area (Å²) in [6, 6.07) is 20.6. The molecule has 4 atom stereocenters. The first-order valence-electron chi connectivity index (χ1n) is 7.85. The molecule has 3 rings (SSSR count). The van der Waals surface area contributed by atoms with Crippen molar-refractivity contribution in [1.82, 2.24) is 4.90 Å². The standard InChI is InChI=1S/C19H23NO2/c1-14-15(2)22-19(21)18(17-11-7-4-8-12-17)20(14)13-16-9-5-3-6-10-16/h3-12,14-15,18-19,21H,13H2,1-2H3/t14?,15?,18-,19?/m0/s1. The minimum absolute atomic E-state index is 0.00123. The van der Waals surface area contributed by atoms with Crippen molar-refractivity contribution in [2.45, 2.75) is 44.9 Å². The lowest BCUT2D eigenvalue weighted by molar-refractivity contribution is -0.231. The molecule has 116 valence electrons. The summed E-state index contributed by atoms with van der Waals surface area (Å²) >= 11 is 0. The number of aliphatic hydroxyl groups excluding tert-OH is 1. The van der Waals surface area contributed by atoms with E-state index >= 15 is 0 Å². The fourth-order valence-electron chi connectivity index (χ4n) is 3.14. The molecule has 2 aromatic rings. The minimum Gasteiger partial charge on any atom is -0.366 e. The molecule has 3 nitrogen and oxygen atoms in total. The first kappa shape index (κ1) is 15.2. The molecule has 1 fully saturated rings. The van der Waals surface area contributed by atoms with Gasteiger partial charge in [0, 0.05) is 12.6 Å². The van der Waals surface area contributed by atoms with Crippen LogP contribution in [0.1, 0.15) is 31.0 Å². The Morgan fingerprint density at radius 2 is 1.55 bits per heavy atom. The van der Waals surface area contributed by atoms with Crippen LogP contribution in [0.5, 0.6) is 0 Å². The second-order valence-corrected chi connectivity index (χ2v) is 5.99. The monoisotopic (exact) mass is 297 g/mol. The van der Waals surface area contributed by atoms with Crippen LogP contribution in [0.25, 0.3) is 0 Å². The van der Waals surface area contributed by atoms with E-state index < -0.39 is 6.29 Å². The van der Waals surface area contributed by atoms with Crippen molar-refractivity contribution in [3.8, 4) is 0 Å². The van der Waals surface area contributed by atoms with Crippen molar-refractivity contribution in [2.75, 3.05) is 0 Å². The molecule has 1 heterocycles. The van der Waals surface area contributed by atoms with Crippen molar-refractivity contribution in [2.24, 2.45) is 0 Å². The molecule has 1 N–H and O–H groups in total. The molecule has 0 saturated carbocycles. The van der Waals surface area contributed by atoms with Crippen LogP contribution < -0.4 is 0 Å². The number of hydrogen-bond acceptors (Lipinski definition) is 3. The largest absolute Gasteiger partial charge is 0.366 e. The number of rotatable bonds is 3. The Bertz CT molecular complexity index is 587. The fourth-order valence-corrected chi connectivity index (χ4v) is 3.14. The molecule has 0 spiro atoms. The molecule has 2 aromatic carbocycles. The van der Waals surface area contributed by atoms with Crippen molar-refractivity contribution >= 4 is 0 Å². The number of benzene rings is 2. The van der Waals surface area contributed by atoms with Gasteiger partial charge in [0.25, 0.3) is 0 Å². The van der Waals surface area contributed by atoms with E-state index in [1.54, 1.807) is 0 Å². The Hall–Kier alpha value is -1.68. The summed E-state index contributed by atoms with van der Waals surface area (Å²) in [7, 11) is 0. The fraction of sp³-hybridized carbons (Fsp3) is 0.368. The van der Waals surface area contributed by atoms with Crippen LogP contribution in [-0.4, -0.2) is 28.4 Å². The average Bonchev–Trinajstić information content (AvgIpc) is 2.54. The van der Waals surface area contributed by atoms with E-state index in [0.717, 1.165) is 12.1 Å². The summed E-state index contributed by atoms with van der Waals surface area (Å²) in [6.07, 6.45) is -0.809. The number of aliphatic hydroxyl groups is 1. The summed E-state index contributed by atoms with van der Waals surface area (Å²) in [5.41, 5.74) is 2.33. The Morgan fingerprint density at radius 3 is 2.18 bits per heavy atom. The second-order valence-electron chi connectivity index (χ2n) is 5.99. The number of nitrogens with zero attached hydrogens (tertiary/aromatic N) is 1. The molecule has 0 radical (unpaired) electrons. The lowest BCUT2D eigenvalue weighted by Gasteiger charge is -2.46. The summed E-state index contributed by atoms with van der Waals surface area (Å²) in [6.45, 7) is 4.98. The van der Waals surface area contributed by atoms with E-state index in [1.165, 1.54) is 5.56 Å². The highest BCUT2D eigenvalue weighted by molar-refractivity contribution is 5.22. The third kappa shape index (κ3) is 3.07. The molecule has 3 unspecified atom stereocenters. The van der Waals surface area contributed by atoms with Gasteiger partial charge < -0.3 is 9.84 Å². The maximum atomic E-state index is 10.5. The number of ether oxygens (including phenoxy) is 1. The predicted octanol–water partition coefficient (Wildman–Crippen LogP) is 3.36. The zero-order valence-electron chi connectivity index (χ0n) is 13.1. The zero-order chi connectivity index (χ0) is 15.5. The van der Waals surface area contributed by atoms with Crippen LogP contribution in [0.2, 0.25) is 0 Å². The van der Waals surface area contributed by atoms with E-state index in [4.69, 9.17) is 4.74 Å². The topological polar surface area (TPSA) is 32.7 Å². The van der Waals surface area contributed by atoms with Gasteiger partial charge in [-0.3, -0.25) is 4.90 Å². The highest BCUT2D eigenvalue weighted by Crippen LogP contribution is 2.35. The summed E-state index contributed by atoms with van der Waals surface area (Å²) in [4.78, 5) is 2.34. The third-order valence-corrected chi connectivity index (χ3v) is 4.53. The van der Waals surface area contributed by atoms with Gasteiger partial charge in [-0.1, -0.05) is 60.7 Å². The highest BCUT2D eigenvalue weighted by atomic mass is 16.6. The van der Waals surface area contributed by atoms with Gasteiger partial charge in [-0.2, -0.15) is 0 Å². The van der Waals surface area contributed by atoms with Crippen LogP contribution >= 0.6 is 0 Å². The van der Waals surface area contributed by atoms with Gasteiger partial charge in [0.05, 0.1) is 12.1 Å². The number of morpholine rings is 1. The molecular weight excluding hydrogens is 274 g/mol. The van der Waals surface area contributed by atoms with Crippen LogP contribution in [0, 0.1) is 0 Å². The molecule has 1 aliphatic rings. The Labute approximate surface area is 132 Å². The van der Waals surface area contributed by atoms with Crippen LogP contribution in [-0.2, 0) is 11.3 Å². The van der Waals surface area contributed by atoms with Crippen LogP contribution in [0.3, 0.4) is 0 Å². The lowest BCUT2D eigenvalue weighted by atomic mass is 9.97. The van der Waals surface area contributed by atoms with Gasteiger partial charge in [-0.05, 0) is 25.0 Å². The Kier molecular flexibility index (Phi) is 4.57. The minimum atomic E-state index is -0.808. The zero-order valence-corrected chi connectivity index (χ0v) is 13.1. The maximum Gasteiger partial charge on any atom is 0.174 e. The van der Waals surface area contributed by atoms with Crippen LogP contribution in [0.15, 0.2) is 60.7 Å². The third-order valence-electron chi connectivity index (χ3n) is 4.53. The molecule has 0 amide bonds. The first-order chi connectivity index (χ1) is 10.7. The van der Waals surface area contributed by atoms with Crippen LogP contribution in [0.4, 0.5) is 0 Å². The highest BCUT2D eigenvalue weighted by Gasteiger charge is 2.39. The quantitative estimate of drug-likeness (QED) is 0.943. The summed E-state index contributed by atoms with van der Waals surface area (Å²) in [5, 5.41) is 10.5. The molecule has 1 saturated heterocycles. The Balaban J connectivity index is 1.92. The molecular formula is C19H23NO2. The van der Waals surface area contributed by atoms with Gasteiger partial charge in [0.15, 0.2) is 6.29 Å². The smallest absolute Gasteiger partial charge is 0.174 e. The van der Waals surface area contributed by atoms with E-state index in [-0.39, 0.29) is 18.2 Å². The molecule has 1 aliphatic heterocycles. The Morgan fingerprint density at radius 1 is 0.955 bits per heavy atom.